The molecule has 6 nitrogen and oxygen atoms in total. The fourth-order valence-corrected chi connectivity index (χ4v) is 10.1. The molecular formula is C32H54O6. The molecule has 0 saturated heterocycles. The van der Waals surface area contributed by atoms with Crippen LogP contribution in [0.4, 0.5) is 0 Å². The van der Waals surface area contributed by atoms with Crippen molar-refractivity contribution in [2.75, 3.05) is 0 Å². The molecule has 4 rings (SSSR count). The van der Waals surface area contributed by atoms with E-state index in [0.29, 0.717) is 48.3 Å². The summed E-state index contributed by atoms with van der Waals surface area (Å²) >= 11 is 0. The van der Waals surface area contributed by atoms with Gasteiger partial charge >= 0.3 is 11.9 Å². The Morgan fingerprint density at radius 3 is 2.29 bits per heavy atom. The Balaban J connectivity index is 1.46. The van der Waals surface area contributed by atoms with E-state index >= 15 is 0 Å². The van der Waals surface area contributed by atoms with Crippen molar-refractivity contribution in [3.63, 3.8) is 0 Å². The normalized spacial score (nSPS) is 44.3. The van der Waals surface area contributed by atoms with Crippen molar-refractivity contribution in [3.05, 3.63) is 0 Å². The molecule has 0 aliphatic heterocycles. The highest BCUT2D eigenvalue weighted by Crippen LogP contribution is 2.69. The van der Waals surface area contributed by atoms with Crippen LogP contribution < -0.4 is 0 Å². The lowest BCUT2D eigenvalue weighted by atomic mass is 9.42. The zero-order valence-corrected chi connectivity index (χ0v) is 25.2. The molecule has 38 heavy (non-hydrogen) atoms. The van der Waals surface area contributed by atoms with E-state index in [1.807, 2.05) is 13.8 Å². The minimum Gasteiger partial charge on any atom is -0.462 e. The summed E-state index contributed by atoms with van der Waals surface area (Å²) in [6.45, 7) is 16.3. The molecule has 2 N–H and O–H groups in total. The number of aliphatic hydroxyl groups is 2. The van der Waals surface area contributed by atoms with Gasteiger partial charge in [-0.3, -0.25) is 9.59 Å². The smallest absolute Gasteiger partial charge is 0.303 e. The van der Waals surface area contributed by atoms with Crippen LogP contribution in [0.3, 0.4) is 0 Å². The van der Waals surface area contributed by atoms with Gasteiger partial charge in [-0.05, 0) is 106 Å². The SMILES string of the molecule is CC(=O)OC1CCC2(C)C3CCC4(C)C(C(C)CCC(C)C(C)(C)OC(C)=O)CCC4C3CC(O)C2(O)C1. The van der Waals surface area contributed by atoms with Crippen molar-refractivity contribution < 1.29 is 29.3 Å². The first-order valence-corrected chi connectivity index (χ1v) is 15.3. The van der Waals surface area contributed by atoms with E-state index in [9.17, 15) is 19.8 Å². The van der Waals surface area contributed by atoms with Crippen LogP contribution in [0.2, 0.25) is 0 Å². The van der Waals surface area contributed by atoms with Crippen molar-refractivity contribution in [1.82, 2.24) is 0 Å². The average molecular weight is 535 g/mol. The Morgan fingerprint density at radius 2 is 1.66 bits per heavy atom. The maximum Gasteiger partial charge on any atom is 0.303 e. The van der Waals surface area contributed by atoms with Crippen LogP contribution in [0, 0.1) is 46.3 Å². The summed E-state index contributed by atoms with van der Waals surface area (Å²) in [5.74, 6) is 2.42. The monoisotopic (exact) mass is 534 g/mol. The summed E-state index contributed by atoms with van der Waals surface area (Å²) in [5.41, 5.74) is -1.74. The first kappa shape index (κ1) is 29.8. The Labute approximate surface area is 230 Å². The van der Waals surface area contributed by atoms with Crippen LogP contribution in [0.5, 0.6) is 0 Å². The Kier molecular flexibility index (Phi) is 8.13. The van der Waals surface area contributed by atoms with Crippen LogP contribution in [-0.2, 0) is 19.1 Å². The standard InChI is InChI=1S/C32H54O6/c1-19(9-10-20(2)29(5,6)38-22(4)34)25-11-12-26-24-17-28(35)32(36)18-23(37-21(3)33)13-16-31(32,8)27(24)14-15-30(25,26)7/h19-20,23-28,35-36H,9-18H2,1-8H3. The number of rotatable bonds is 7. The van der Waals surface area contributed by atoms with Gasteiger partial charge in [0.05, 0.1) is 11.7 Å². The predicted octanol–water partition coefficient (Wildman–Crippen LogP) is 6.06. The first-order valence-electron chi connectivity index (χ1n) is 15.3. The lowest BCUT2D eigenvalue weighted by Gasteiger charge is -2.65. The minimum atomic E-state index is -1.20. The quantitative estimate of drug-likeness (QED) is 0.386. The number of fused-ring (bicyclic) bond motifs is 5. The molecule has 0 amide bonds. The molecule has 4 aliphatic rings. The van der Waals surface area contributed by atoms with Gasteiger partial charge in [-0.15, -0.1) is 0 Å². The second-order valence-electron chi connectivity index (χ2n) is 14.8. The summed E-state index contributed by atoms with van der Waals surface area (Å²) < 4.78 is 11.1. The van der Waals surface area contributed by atoms with Crippen LogP contribution in [0.15, 0.2) is 0 Å². The van der Waals surface area contributed by atoms with E-state index in [1.165, 1.54) is 33.1 Å². The summed E-state index contributed by atoms with van der Waals surface area (Å²) in [6, 6.07) is 0. The van der Waals surface area contributed by atoms with Gasteiger partial charge in [0, 0.05) is 25.7 Å². The van der Waals surface area contributed by atoms with E-state index < -0.39 is 17.3 Å². The molecule has 4 saturated carbocycles. The van der Waals surface area contributed by atoms with E-state index in [1.54, 1.807) is 0 Å². The molecular weight excluding hydrogens is 480 g/mol. The van der Waals surface area contributed by atoms with E-state index in [0.717, 1.165) is 32.1 Å². The van der Waals surface area contributed by atoms with Gasteiger partial charge in [0.25, 0.3) is 0 Å². The fraction of sp³-hybridized carbons (Fsp3) is 0.938. The van der Waals surface area contributed by atoms with Crippen molar-refractivity contribution in [1.29, 1.82) is 0 Å². The number of aliphatic hydroxyl groups excluding tert-OH is 1. The fourth-order valence-electron chi connectivity index (χ4n) is 10.1. The molecule has 4 aliphatic carbocycles. The largest absolute Gasteiger partial charge is 0.462 e. The highest BCUT2D eigenvalue weighted by Gasteiger charge is 2.67. The molecule has 0 bridgehead atoms. The number of hydrogen-bond donors (Lipinski definition) is 2. The molecule has 0 radical (unpaired) electrons. The van der Waals surface area contributed by atoms with Crippen molar-refractivity contribution >= 4 is 11.9 Å². The molecule has 0 aromatic rings. The Morgan fingerprint density at radius 1 is 0.974 bits per heavy atom. The molecule has 0 aromatic heterocycles. The number of hydrogen-bond acceptors (Lipinski definition) is 6. The third-order valence-electron chi connectivity index (χ3n) is 12.6. The van der Waals surface area contributed by atoms with E-state index in [2.05, 4.69) is 27.7 Å². The van der Waals surface area contributed by atoms with Crippen molar-refractivity contribution in [3.8, 4) is 0 Å². The summed E-state index contributed by atoms with van der Waals surface area (Å²) in [5, 5.41) is 23.4. The van der Waals surface area contributed by atoms with Gasteiger partial charge in [-0.1, -0.05) is 34.1 Å². The lowest BCUT2D eigenvalue weighted by molar-refractivity contribution is -0.266. The van der Waals surface area contributed by atoms with Crippen molar-refractivity contribution in [2.45, 2.75) is 143 Å². The maximum absolute atomic E-state index is 12.0. The maximum atomic E-state index is 12.0. The molecule has 0 aromatic carbocycles. The topological polar surface area (TPSA) is 93.1 Å². The Hall–Kier alpha value is -1.14. The predicted molar refractivity (Wildman–Crippen MR) is 147 cm³/mol. The van der Waals surface area contributed by atoms with Gasteiger partial charge in [0.1, 0.15) is 11.7 Å². The van der Waals surface area contributed by atoms with Crippen LogP contribution in [0.1, 0.15) is 120 Å². The second-order valence-corrected chi connectivity index (χ2v) is 14.8. The average Bonchev–Trinajstić information content (AvgIpc) is 3.15. The number of carbonyl (C=O) groups is 2. The molecule has 11 unspecified atom stereocenters. The minimum absolute atomic E-state index is 0.215. The molecule has 6 heteroatoms. The molecule has 218 valence electrons. The van der Waals surface area contributed by atoms with Crippen molar-refractivity contribution in [2.24, 2.45) is 46.3 Å². The van der Waals surface area contributed by atoms with Crippen LogP contribution in [0.25, 0.3) is 0 Å². The number of carbonyl (C=O) groups excluding carboxylic acids is 2. The van der Waals surface area contributed by atoms with Crippen LogP contribution >= 0.6 is 0 Å². The van der Waals surface area contributed by atoms with Gasteiger partial charge in [-0.25, -0.2) is 0 Å². The van der Waals surface area contributed by atoms with E-state index in [-0.39, 0.29) is 28.9 Å². The number of esters is 2. The molecule has 0 spiro atoms. The highest BCUT2D eigenvalue weighted by atomic mass is 16.6. The van der Waals surface area contributed by atoms with Gasteiger partial charge < -0.3 is 19.7 Å². The van der Waals surface area contributed by atoms with E-state index in [4.69, 9.17) is 9.47 Å². The highest BCUT2D eigenvalue weighted by molar-refractivity contribution is 5.66. The second kappa shape index (κ2) is 10.4. The zero-order chi connectivity index (χ0) is 28.3. The summed E-state index contributed by atoms with van der Waals surface area (Å²) in [4.78, 5) is 23.2. The van der Waals surface area contributed by atoms with Gasteiger partial charge in [0.2, 0.25) is 0 Å². The Bertz CT molecular complexity index is 900. The lowest BCUT2D eigenvalue weighted by Crippen LogP contribution is -2.68. The summed E-state index contributed by atoms with van der Waals surface area (Å²) in [7, 11) is 0. The van der Waals surface area contributed by atoms with Gasteiger partial charge in [0.15, 0.2) is 0 Å². The van der Waals surface area contributed by atoms with Gasteiger partial charge in [-0.2, -0.15) is 0 Å². The first-order chi connectivity index (χ1) is 17.5. The zero-order valence-electron chi connectivity index (χ0n) is 25.2. The summed E-state index contributed by atoms with van der Waals surface area (Å²) in [6.07, 6.45) is 8.34. The van der Waals surface area contributed by atoms with Crippen LogP contribution in [-0.4, -0.2) is 45.6 Å². The number of ether oxygens (including phenoxy) is 2. The molecule has 4 fully saturated rings. The molecule has 0 heterocycles. The molecule has 11 atom stereocenters. The third kappa shape index (κ3) is 4.95. The third-order valence-corrected chi connectivity index (χ3v) is 12.6.